The summed E-state index contributed by atoms with van der Waals surface area (Å²) in [5.74, 6) is 2.06. The first kappa shape index (κ1) is 11.8. The van der Waals surface area contributed by atoms with Crippen LogP contribution in [0.2, 0.25) is 0 Å². The van der Waals surface area contributed by atoms with Crippen LogP contribution in [0.1, 0.15) is 17.1 Å². The second-order valence-electron chi connectivity index (χ2n) is 4.46. The quantitative estimate of drug-likeness (QED) is 0.804. The molecule has 0 aliphatic carbocycles. The van der Waals surface area contributed by atoms with Gasteiger partial charge in [0.2, 0.25) is 11.8 Å². The van der Waals surface area contributed by atoms with Gasteiger partial charge in [-0.1, -0.05) is 0 Å². The van der Waals surface area contributed by atoms with E-state index in [1.807, 2.05) is 13.1 Å². The molecule has 0 atom stereocenters. The Bertz CT molecular complexity index is 601. The van der Waals surface area contributed by atoms with Crippen molar-refractivity contribution < 1.29 is 4.74 Å². The van der Waals surface area contributed by atoms with Crippen LogP contribution >= 0.6 is 0 Å². The molecule has 0 amide bonds. The average Bonchev–Trinajstić information content (AvgIpc) is 2.46. The van der Waals surface area contributed by atoms with Crippen LogP contribution in [0.25, 0.3) is 0 Å². The molecule has 19 heavy (non-hydrogen) atoms. The highest BCUT2D eigenvalue weighted by molar-refractivity contribution is 5.37. The maximum Gasteiger partial charge on any atom is 0.228 e. The van der Waals surface area contributed by atoms with Crippen LogP contribution in [0.5, 0.6) is 5.88 Å². The molecule has 3 rings (SSSR count). The number of aryl methyl sites for hydroxylation is 1. The molecule has 0 radical (unpaired) electrons. The predicted molar refractivity (Wildman–Crippen MR) is 70.1 cm³/mol. The minimum atomic E-state index is 0.578. The fourth-order valence-corrected chi connectivity index (χ4v) is 2.17. The smallest absolute Gasteiger partial charge is 0.228 e. The predicted octanol–water partition coefficient (Wildman–Crippen LogP) is 1.15. The molecule has 0 spiro atoms. The Kier molecular flexibility index (Phi) is 2.98. The van der Waals surface area contributed by atoms with E-state index in [1.54, 1.807) is 19.4 Å². The van der Waals surface area contributed by atoms with Crippen molar-refractivity contribution in [1.29, 1.82) is 0 Å². The molecular weight excluding hydrogens is 242 g/mol. The first-order valence-electron chi connectivity index (χ1n) is 6.19. The monoisotopic (exact) mass is 257 g/mol. The molecule has 3 heterocycles. The summed E-state index contributed by atoms with van der Waals surface area (Å²) < 4.78 is 5.13. The Balaban J connectivity index is 1.88. The van der Waals surface area contributed by atoms with Crippen LogP contribution in [-0.2, 0) is 13.0 Å². The number of methoxy groups -OCH3 is 1. The highest BCUT2D eigenvalue weighted by Crippen LogP contribution is 2.21. The van der Waals surface area contributed by atoms with E-state index in [0.29, 0.717) is 18.4 Å². The molecule has 0 N–H and O–H groups in total. The molecule has 0 unspecified atom stereocenters. The molecule has 0 bridgehead atoms. The number of ether oxygens (including phenoxy) is 1. The molecule has 0 aromatic carbocycles. The number of rotatable bonds is 2. The lowest BCUT2D eigenvalue weighted by Gasteiger charge is -2.27. The Morgan fingerprint density at radius 2 is 2.16 bits per heavy atom. The highest BCUT2D eigenvalue weighted by atomic mass is 16.5. The van der Waals surface area contributed by atoms with Crippen LogP contribution in [0.3, 0.4) is 0 Å². The topological polar surface area (TPSA) is 64.0 Å². The van der Waals surface area contributed by atoms with Crippen LogP contribution < -0.4 is 9.64 Å². The third-order valence-corrected chi connectivity index (χ3v) is 3.18. The minimum Gasteiger partial charge on any atom is -0.481 e. The lowest BCUT2D eigenvalue weighted by atomic mass is 10.1. The molecular formula is C13H15N5O. The van der Waals surface area contributed by atoms with E-state index in [1.165, 1.54) is 5.56 Å². The van der Waals surface area contributed by atoms with Crippen LogP contribution in [0, 0.1) is 6.92 Å². The fraction of sp³-hybridized carbons (Fsp3) is 0.385. The summed E-state index contributed by atoms with van der Waals surface area (Å²) in [5.41, 5.74) is 2.27. The van der Waals surface area contributed by atoms with Crippen molar-refractivity contribution in [3.8, 4) is 5.88 Å². The van der Waals surface area contributed by atoms with E-state index in [-0.39, 0.29) is 0 Å². The van der Waals surface area contributed by atoms with Gasteiger partial charge in [0.15, 0.2) is 0 Å². The zero-order valence-electron chi connectivity index (χ0n) is 11.0. The van der Waals surface area contributed by atoms with Gasteiger partial charge in [0, 0.05) is 25.0 Å². The van der Waals surface area contributed by atoms with Gasteiger partial charge in [-0.3, -0.25) is 0 Å². The van der Waals surface area contributed by atoms with Gasteiger partial charge in [0.25, 0.3) is 0 Å². The average molecular weight is 257 g/mol. The molecule has 98 valence electrons. The lowest BCUT2D eigenvalue weighted by molar-refractivity contribution is 0.396. The van der Waals surface area contributed by atoms with Crippen molar-refractivity contribution in [2.75, 3.05) is 18.6 Å². The SMILES string of the molecule is COc1ccnc(N2CCc3cnc(C)nc3C2)n1. The second kappa shape index (κ2) is 4.79. The van der Waals surface area contributed by atoms with E-state index in [4.69, 9.17) is 4.74 Å². The maximum absolute atomic E-state index is 5.13. The number of hydrogen-bond donors (Lipinski definition) is 0. The fourth-order valence-electron chi connectivity index (χ4n) is 2.17. The van der Waals surface area contributed by atoms with Crippen LogP contribution in [0.4, 0.5) is 5.95 Å². The molecule has 0 saturated carbocycles. The number of hydrogen-bond acceptors (Lipinski definition) is 6. The van der Waals surface area contributed by atoms with Gasteiger partial charge < -0.3 is 9.64 Å². The van der Waals surface area contributed by atoms with Gasteiger partial charge in [0.1, 0.15) is 5.82 Å². The van der Waals surface area contributed by atoms with Gasteiger partial charge in [-0.25, -0.2) is 15.0 Å². The summed E-state index contributed by atoms with van der Waals surface area (Å²) in [4.78, 5) is 19.5. The third-order valence-electron chi connectivity index (χ3n) is 3.18. The van der Waals surface area contributed by atoms with Gasteiger partial charge in [-0.15, -0.1) is 0 Å². The van der Waals surface area contributed by atoms with Crippen LogP contribution in [0.15, 0.2) is 18.5 Å². The lowest BCUT2D eigenvalue weighted by Crippen LogP contribution is -2.32. The van der Waals surface area contributed by atoms with E-state index >= 15 is 0 Å². The molecule has 0 saturated heterocycles. The maximum atomic E-state index is 5.13. The molecule has 1 aliphatic rings. The van der Waals surface area contributed by atoms with Crippen LogP contribution in [-0.4, -0.2) is 33.6 Å². The van der Waals surface area contributed by atoms with Crippen molar-refractivity contribution in [2.45, 2.75) is 19.9 Å². The van der Waals surface area contributed by atoms with Crippen molar-refractivity contribution in [3.05, 3.63) is 35.5 Å². The Morgan fingerprint density at radius 3 is 3.00 bits per heavy atom. The number of nitrogens with zero attached hydrogens (tertiary/aromatic N) is 5. The Morgan fingerprint density at radius 1 is 1.26 bits per heavy atom. The minimum absolute atomic E-state index is 0.578. The molecule has 2 aromatic rings. The van der Waals surface area contributed by atoms with Gasteiger partial charge in [-0.05, 0) is 18.9 Å². The summed E-state index contributed by atoms with van der Waals surface area (Å²) in [6, 6.07) is 1.74. The number of anilines is 1. The zero-order valence-corrected chi connectivity index (χ0v) is 11.0. The zero-order chi connectivity index (χ0) is 13.2. The summed E-state index contributed by atoms with van der Waals surface area (Å²) in [5, 5.41) is 0. The van der Waals surface area contributed by atoms with Gasteiger partial charge in [0.05, 0.1) is 19.3 Å². The molecule has 6 heteroatoms. The first-order valence-corrected chi connectivity index (χ1v) is 6.19. The Hall–Kier alpha value is -2.24. The van der Waals surface area contributed by atoms with Crippen molar-refractivity contribution in [2.24, 2.45) is 0 Å². The van der Waals surface area contributed by atoms with Gasteiger partial charge in [-0.2, -0.15) is 4.98 Å². The number of aromatic nitrogens is 4. The van der Waals surface area contributed by atoms with Gasteiger partial charge >= 0.3 is 0 Å². The summed E-state index contributed by atoms with van der Waals surface area (Å²) in [6.45, 7) is 3.49. The van der Waals surface area contributed by atoms with E-state index < -0.39 is 0 Å². The summed E-state index contributed by atoms with van der Waals surface area (Å²) in [6.07, 6.45) is 4.54. The standard InChI is InChI=1S/C13H15N5O/c1-9-15-7-10-4-6-18(8-11(10)16-9)13-14-5-3-12(17-13)19-2/h3,5,7H,4,6,8H2,1-2H3. The van der Waals surface area contributed by atoms with Crippen molar-refractivity contribution in [1.82, 2.24) is 19.9 Å². The number of fused-ring (bicyclic) bond motifs is 1. The molecule has 0 fully saturated rings. The van der Waals surface area contributed by atoms with Crippen molar-refractivity contribution in [3.63, 3.8) is 0 Å². The molecule has 2 aromatic heterocycles. The summed E-state index contributed by atoms with van der Waals surface area (Å²) >= 11 is 0. The van der Waals surface area contributed by atoms with Crippen molar-refractivity contribution >= 4 is 5.95 Å². The second-order valence-corrected chi connectivity index (χ2v) is 4.46. The molecule has 1 aliphatic heterocycles. The van der Waals surface area contributed by atoms with E-state index in [0.717, 1.165) is 24.5 Å². The van der Waals surface area contributed by atoms with E-state index in [9.17, 15) is 0 Å². The summed E-state index contributed by atoms with van der Waals surface area (Å²) in [7, 11) is 1.61. The first-order chi connectivity index (χ1) is 9.26. The van der Waals surface area contributed by atoms with E-state index in [2.05, 4.69) is 24.8 Å². The molecule has 6 nitrogen and oxygen atoms in total. The Labute approximate surface area is 111 Å². The highest BCUT2D eigenvalue weighted by Gasteiger charge is 2.20. The third kappa shape index (κ3) is 2.33. The largest absolute Gasteiger partial charge is 0.481 e. The normalized spacial score (nSPS) is 14.1.